The van der Waals surface area contributed by atoms with E-state index in [0.29, 0.717) is 11.8 Å². The molecule has 0 saturated heterocycles. The quantitative estimate of drug-likeness (QED) is 0.886. The van der Waals surface area contributed by atoms with Crippen LogP contribution in [0.4, 0.5) is 0 Å². The largest absolute Gasteiger partial charge is 0.493 e. The highest BCUT2D eigenvalue weighted by atomic mass is 32.1. The number of hydrogen-bond donors (Lipinski definition) is 1. The van der Waals surface area contributed by atoms with Crippen LogP contribution in [-0.2, 0) is 6.54 Å². The zero-order chi connectivity index (χ0) is 13.9. The Bertz CT molecular complexity index is 596. The van der Waals surface area contributed by atoms with Gasteiger partial charge in [-0.1, -0.05) is 11.3 Å². The standard InChI is InChI=1S/C14H17N3O2S/c1-18-11-6-3-9(7-12(11)19-2)14-17-16-13(20-14)8-15-10-4-5-10/h3,6-7,10,15H,4-5,8H2,1-2H3. The van der Waals surface area contributed by atoms with E-state index in [9.17, 15) is 0 Å². The lowest BCUT2D eigenvalue weighted by atomic mass is 10.2. The maximum Gasteiger partial charge on any atom is 0.161 e. The number of nitrogens with zero attached hydrogens (tertiary/aromatic N) is 2. The highest BCUT2D eigenvalue weighted by molar-refractivity contribution is 7.14. The molecule has 1 fully saturated rings. The van der Waals surface area contributed by atoms with Crippen molar-refractivity contribution in [3.05, 3.63) is 23.2 Å². The van der Waals surface area contributed by atoms with Gasteiger partial charge in [0.25, 0.3) is 0 Å². The third kappa shape index (κ3) is 2.91. The number of ether oxygens (including phenoxy) is 2. The molecule has 1 N–H and O–H groups in total. The van der Waals surface area contributed by atoms with Crippen LogP contribution < -0.4 is 14.8 Å². The van der Waals surface area contributed by atoms with Crippen molar-refractivity contribution in [2.24, 2.45) is 0 Å². The minimum Gasteiger partial charge on any atom is -0.493 e. The first kappa shape index (κ1) is 13.3. The van der Waals surface area contributed by atoms with Gasteiger partial charge in [0, 0.05) is 18.2 Å². The van der Waals surface area contributed by atoms with Gasteiger partial charge in [-0.2, -0.15) is 0 Å². The van der Waals surface area contributed by atoms with Crippen LogP contribution in [0, 0.1) is 0 Å². The molecule has 5 nitrogen and oxygen atoms in total. The van der Waals surface area contributed by atoms with Crippen molar-refractivity contribution in [2.75, 3.05) is 14.2 Å². The van der Waals surface area contributed by atoms with Gasteiger partial charge in [-0.15, -0.1) is 10.2 Å². The summed E-state index contributed by atoms with van der Waals surface area (Å²) >= 11 is 1.61. The molecule has 1 aromatic heterocycles. The summed E-state index contributed by atoms with van der Waals surface area (Å²) in [4.78, 5) is 0. The second kappa shape index (κ2) is 5.76. The Morgan fingerprint density at radius 3 is 2.70 bits per heavy atom. The lowest BCUT2D eigenvalue weighted by Crippen LogP contribution is -2.14. The molecule has 1 heterocycles. The SMILES string of the molecule is COc1ccc(-c2nnc(CNC3CC3)s2)cc1OC. The van der Waals surface area contributed by atoms with Crippen LogP contribution in [0.1, 0.15) is 17.8 Å². The van der Waals surface area contributed by atoms with Crippen molar-refractivity contribution in [2.45, 2.75) is 25.4 Å². The lowest BCUT2D eigenvalue weighted by molar-refractivity contribution is 0.355. The third-order valence-electron chi connectivity index (χ3n) is 3.22. The number of nitrogens with one attached hydrogen (secondary N) is 1. The van der Waals surface area contributed by atoms with Crippen LogP contribution in [0.3, 0.4) is 0 Å². The van der Waals surface area contributed by atoms with Gasteiger partial charge in [0.2, 0.25) is 0 Å². The molecule has 0 amide bonds. The van der Waals surface area contributed by atoms with Crippen LogP contribution in [0.5, 0.6) is 11.5 Å². The van der Waals surface area contributed by atoms with Gasteiger partial charge in [0.1, 0.15) is 10.0 Å². The summed E-state index contributed by atoms with van der Waals surface area (Å²) in [6.07, 6.45) is 2.56. The normalized spacial score (nSPS) is 14.3. The molecule has 1 saturated carbocycles. The van der Waals surface area contributed by atoms with E-state index < -0.39 is 0 Å². The van der Waals surface area contributed by atoms with Gasteiger partial charge in [-0.3, -0.25) is 0 Å². The molecule has 0 bridgehead atoms. The molecule has 0 spiro atoms. The van der Waals surface area contributed by atoms with E-state index in [2.05, 4.69) is 15.5 Å². The lowest BCUT2D eigenvalue weighted by Gasteiger charge is -2.07. The average Bonchev–Trinajstić information content (AvgIpc) is 3.21. The molecular weight excluding hydrogens is 274 g/mol. The molecule has 20 heavy (non-hydrogen) atoms. The van der Waals surface area contributed by atoms with Gasteiger partial charge in [-0.25, -0.2) is 0 Å². The number of hydrogen-bond acceptors (Lipinski definition) is 6. The van der Waals surface area contributed by atoms with Crippen molar-refractivity contribution in [1.29, 1.82) is 0 Å². The Labute approximate surface area is 121 Å². The fraction of sp³-hybridized carbons (Fsp3) is 0.429. The van der Waals surface area contributed by atoms with Gasteiger partial charge >= 0.3 is 0 Å². The van der Waals surface area contributed by atoms with Gasteiger partial charge in [0.15, 0.2) is 11.5 Å². The summed E-state index contributed by atoms with van der Waals surface area (Å²) < 4.78 is 10.5. The topological polar surface area (TPSA) is 56.3 Å². The fourth-order valence-electron chi connectivity index (χ4n) is 1.93. The predicted octanol–water partition coefficient (Wildman–Crippen LogP) is 2.47. The minimum atomic E-state index is 0.684. The molecule has 1 aliphatic rings. The van der Waals surface area contributed by atoms with Crippen LogP contribution in [0.15, 0.2) is 18.2 Å². The molecule has 106 valence electrons. The molecule has 1 aromatic carbocycles. The van der Waals surface area contributed by atoms with Crippen LogP contribution in [0.2, 0.25) is 0 Å². The number of methoxy groups -OCH3 is 2. The van der Waals surface area contributed by atoms with Crippen molar-refractivity contribution in [1.82, 2.24) is 15.5 Å². The molecular formula is C14H17N3O2S. The summed E-state index contributed by atoms with van der Waals surface area (Å²) in [6, 6.07) is 6.47. The number of aromatic nitrogens is 2. The average molecular weight is 291 g/mol. The van der Waals surface area contributed by atoms with E-state index in [1.54, 1.807) is 25.6 Å². The zero-order valence-corrected chi connectivity index (χ0v) is 12.4. The summed E-state index contributed by atoms with van der Waals surface area (Å²) in [7, 11) is 3.26. The molecule has 2 aromatic rings. The maximum atomic E-state index is 5.31. The third-order valence-corrected chi connectivity index (χ3v) is 4.19. The number of rotatable bonds is 6. The summed E-state index contributed by atoms with van der Waals surface area (Å²) in [6.45, 7) is 0.801. The monoisotopic (exact) mass is 291 g/mol. The van der Waals surface area contributed by atoms with Gasteiger partial charge < -0.3 is 14.8 Å². The van der Waals surface area contributed by atoms with E-state index in [1.165, 1.54) is 12.8 Å². The van der Waals surface area contributed by atoms with E-state index in [0.717, 1.165) is 27.9 Å². The molecule has 1 aliphatic carbocycles. The Hall–Kier alpha value is -1.66. The van der Waals surface area contributed by atoms with Crippen molar-refractivity contribution >= 4 is 11.3 Å². The van der Waals surface area contributed by atoms with E-state index in [1.807, 2.05) is 18.2 Å². The van der Waals surface area contributed by atoms with E-state index in [4.69, 9.17) is 9.47 Å². The van der Waals surface area contributed by atoms with Crippen molar-refractivity contribution < 1.29 is 9.47 Å². The maximum absolute atomic E-state index is 5.31. The molecule has 0 radical (unpaired) electrons. The second-order valence-electron chi connectivity index (χ2n) is 4.73. The molecule has 3 rings (SSSR count). The molecule has 6 heteroatoms. The predicted molar refractivity (Wildman–Crippen MR) is 78.3 cm³/mol. The van der Waals surface area contributed by atoms with Crippen LogP contribution >= 0.6 is 11.3 Å². The highest BCUT2D eigenvalue weighted by Gasteiger charge is 2.20. The van der Waals surface area contributed by atoms with Crippen LogP contribution in [-0.4, -0.2) is 30.5 Å². The summed E-state index contributed by atoms with van der Waals surface area (Å²) in [5.41, 5.74) is 0.998. The Balaban J connectivity index is 1.77. The highest BCUT2D eigenvalue weighted by Crippen LogP contribution is 2.33. The Morgan fingerprint density at radius 1 is 1.20 bits per heavy atom. The van der Waals surface area contributed by atoms with Crippen molar-refractivity contribution in [3.8, 4) is 22.1 Å². The first-order valence-corrected chi connectivity index (χ1v) is 7.40. The molecule has 0 atom stereocenters. The molecule has 0 aliphatic heterocycles. The Kier molecular flexibility index (Phi) is 3.84. The van der Waals surface area contributed by atoms with Gasteiger partial charge in [-0.05, 0) is 31.0 Å². The van der Waals surface area contributed by atoms with Crippen molar-refractivity contribution in [3.63, 3.8) is 0 Å². The zero-order valence-electron chi connectivity index (χ0n) is 11.5. The smallest absolute Gasteiger partial charge is 0.161 e. The summed E-state index contributed by atoms with van der Waals surface area (Å²) in [5, 5.41) is 13.8. The minimum absolute atomic E-state index is 0.684. The molecule has 0 unspecified atom stereocenters. The first-order chi connectivity index (χ1) is 9.80. The second-order valence-corrected chi connectivity index (χ2v) is 5.79. The fourth-order valence-corrected chi connectivity index (χ4v) is 2.72. The van der Waals surface area contributed by atoms with E-state index >= 15 is 0 Å². The summed E-state index contributed by atoms with van der Waals surface area (Å²) in [5.74, 6) is 1.43. The number of benzene rings is 1. The Morgan fingerprint density at radius 2 is 2.00 bits per heavy atom. The van der Waals surface area contributed by atoms with Crippen LogP contribution in [0.25, 0.3) is 10.6 Å². The van der Waals surface area contributed by atoms with E-state index in [-0.39, 0.29) is 0 Å². The van der Waals surface area contributed by atoms with Gasteiger partial charge in [0.05, 0.1) is 14.2 Å². The first-order valence-electron chi connectivity index (χ1n) is 6.58.